The van der Waals surface area contributed by atoms with Gasteiger partial charge >= 0.3 is 0 Å². The van der Waals surface area contributed by atoms with Gasteiger partial charge in [-0.15, -0.1) is 11.3 Å². The van der Waals surface area contributed by atoms with Crippen LogP contribution in [0.25, 0.3) is 4.96 Å². The lowest BCUT2D eigenvalue weighted by Gasteiger charge is -2.18. The van der Waals surface area contributed by atoms with Gasteiger partial charge in [-0.1, -0.05) is 0 Å². The molecule has 0 spiro atoms. The number of hydrogen-bond acceptors (Lipinski definition) is 4. The highest BCUT2D eigenvalue weighted by Crippen LogP contribution is 2.21. The van der Waals surface area contributed by atoms with Gasteiger partial charge in [-0.2, -0.15) is 0 Å². The number of aryl methyl sites for hydroxylation is 3. The van der Waals surface area contributed by atoms with Gasteiger partial charge in [-0.3, -0.25) is 9.20 Å². The number of rotatable bonds is 4. The van der Waals surface area contributed by atoms with Crippen LogP contribution >= 0.6 is 11.3 Å². The van der Waals surface area contributed by atoms with Crippen LogP contribution in [0.4, 0.5) is 0 Å². The van der Waals surface area contributed by atoms with Crippen LogP contribution in [0, 0.1) is 20.8 Å². The quantitative estimate of drug-likeness (QED) is 0.741. The number of carbonyl (C=O) groups is 1. The summed E-state index contributed by atoms with van der Waals surface area (Å²) in [6.07, 6.45) is 5.61. The number of aromatic nitrogens is 4. The van der Waals surface area contributed by atoms with Crippen LogP contribution in [0.1, 0.15) is 22.1 Å². The van der Waals surface area contributed by atoms with Crippen molar-refractivity contribution in [3.05, 3.63) is 40.7 Å². The first-order chi connectivity index (χ1) is 10.5. The van der Waals surface area contributed by atoms with Crippen molar-refractivity contribution < 1.29 is 4.79 Å². The molecule has 6 nitrogen and oxygen atoms in total. The molecule has 116 valence electrons. The Kier molecular flexibility index (Phi) is 3.74. The van der Waals surface area contributed by atoms with Crippen molar-refractivity contribution in [2.75, 3.05) is 7.05 Å². The summed E-state index contributed by atoms with van der Waals surface area (Å²) in [5.41, 5.74) is 2.04. The summed E-state index contributed by atoms with van der Waals surface area (Å²) in [6, 6.07) is 0. The lowest BCUT2D eigenvalue weighted by atomic mass is 10.3. The number of likely N-dealkylation sites (N-methyl/N-ethyl adjacent to an activating group) is 1. The Labute approximate surface area is 133 Å². The second-order valence-corrected chi connectivity index (χ2v) is 6.70. The zero-order chi connectivity index (χ0) is 15.9. The molecule has 3 aromatic rings. The molecule has 0 bridgehead atoms. The SMILES string of the molecule is Cc1cn2c(CN(C)C(=O)Cn3ccnc3C)c(C)nc2s1. The van der Waals surface area contributed by atoms with Gasteiger partial charge in [-0.05, 0) is 20.8 Å². The van der Waals surface area contributed by atoms with E-state index in [0.717, 1.165) is 22.2 Å². The molecule has 0 saturated heterocycles. The van der Waals surface area contributed by atoms with E-state index in [1.165, 1.54) is 4.88 Å². The van der Waals surface area contributed by atoms with Crippen LogP contribution < -0.4 is 0 Å². The Morgan fingerprint density at radius 3 is 2.82 bits per heavy atom. The fourth-order valence-corrected chi connectivity index (χ4v) is 3.34. The fourth-order valence-electron chi connectivity index (χ4n) is 2.45. The first-order valence-corrected chi connectivity index (χ1v) is 7.93. The average Bonchev–Trinajstić information content (AvgIpc) is 3.08. The molecule has 0 unspecified atom stereocenters. The predicted octanol–water partition coefficient (Wildman–Crippen LogP) is 2.18. The number of fused-ring (bicyclic) bond motifs is 1. The third-order valence-corrected chi connectivity index (χ3v) is 4.68. The summed E-state index contributed by atoms with van der Waals surface area (Å²) in [5.74, 6) is 0.903. The van der Waals surface area contributed by atoms with Crippen molar-refractivity contribution >= 4 is 22.2 Å². The Hall–Kier alpha value is -2.15. The van der Waals surface area contributed by atoms with Gasteiger partial charge in [0.05, 0.1) is 17.9 Å². The second kappa shape index (κ2) is 5.57. The number of imidazole rings is 2. The Morgan fingerprint density at radius 2 is 2.14 bits per heavy atom. The first-order valence-electron chi connectivity index (χ1n) is 7.11. The van der Waals surface area contributed by atoms with Crippen molar-refractivity contribution in [1.29, 1.82) is 0 Å². The van der Waals surface area contributed by atoms with Crippen LogP contribution in [0.2, 0.25) is 0 Å². The minimum absolute atomic E-state index is 0.0578. The van der Waals surface area contributed by atoms with Gasteiger partial charge < -0.3 is 9.47 Å². The highest BCUT2D eigenvalue weighted by atomic mass is 32.1. The zero-order valence-electron chi connectivity index (χ0n) is 13.2. The molecule has 0 aromatic carbocycles. The smallest absolute Gasteiger partial charge is 0.242 e. The third kappa shape index (κ3) is 2.64. The molecule has 0 saturated carbocycles. The van der Waals surface area contributed by atoms with Gasteiger partial charge in [0.25, 0.3) is 0 Å². The van der Waals surface area contributed by atoms with Gasteiger partial charge in [0.1, 0.15) is 12.4 Å². The van der Waals surface area contributed by atoms with E-state index >= 15 is 0 Å². The van der Waals surface area contributed by atoms with Gasteiger partial charge in [0.15, 0.2) is 4.96 Å². The summed E-state index contributed by atoms with van der Waals surface area (Å²) < 4.78 is 3.94. The van der Waals surface area contributed by atoms with Crippen molar-refractivity contribution in [2.24, 2.45) is 0 Å². The fraction of sp³-hybridized carbons (Fsp3) is 0.400. The summed E-state index contributed by atoms with van der Waals surface area (Å²) in [5, 5.41) is 0. The highest BCUT2D eigenvalue weighted by molar-refractivity contribution is 7.17. The second-order valence-electron chi connectivity index (χ2n) is 5.49. The van der Waals surface area contributed by atoms with E-state index in [4.69, 9.17) is 0 Å². The molecular weight excluding hydrogens is 298 g/mol. The van der Waals surface area contributed by atoms with Gasteiger partial charge in [0, 0.05) is 30.5 Å². The van der Waals surface area contributed by atoms with Crippen LogP contribution in [-0.4, -0.2) is 36.8 Å². The lowest BCUT2D eigenvalue weighted by Crippen LogP contribution is -2.30. The Morgan fingerprint density at radius 1 is 1.36 bits per heavy atom. The maximum atomic E-state index is 12.4. The number of hydrogen-bond donors (Lipinski definition) is 0. The molecule has 0 aliphatic rings. The summed E-state index contributed by atoms with van der Waals surface area (Å²) in [4.78, 5) is 25.0. The topological polar surface area (TPSA) is 55.4 Å². The van der Waals surface area contributed by atoms with E-state index in [-0.39, 0.29) is 5.91 Å². The van der Waals surface area contributed by atoms with Crippen LogP contribution in [-0.2, 0) is 17.9 Å². The maximum absolute atomic E-state index is 12.4. The van der Waals surface area contributed by atoms with Crippen molar-refractivity contribution in [3.63, 3.8) is 0 Å². The molecule has 3 aromatic heterocycles. The first kappa shape index (κ1) is 14.8. The number of carbonyl (C=O) groups excluding carboxylic acids is 1. The Balaban J connectivity index is 1.77. The van der Waals surface area contributed by atoms with Crippen molar-refractivity contribution in [1.82, 2.24) is 23.8 Å². The van der Waals surface area contributed by atoms with Crippen molar-refractivity contribution in [3.8, 4) is 0 Å². The molecule has 0 fully saturated rings. The maximum Gasteiger partial charge on any atom is 0.242 e. The highest BCUT2D eigenvalue weighted by Gasteiger charge is 2.16. The molecule has 3 heterocycles. The molecule has 0 N–H and O–H groups in total. The predicted molar refractivity (Wildman–Crippen MR) is 86.0 cm³/mol. The summed E-state index contributed by atoms with van der Waals surface area (Å²) in [6.45, 7) is 6.81. The molecule has 22 heavy (non-hydrogen) atoms. The minimum Gasteiger partial charge on any atom is -0.338 e. The number of nitrogens with zero attached hydrogens (tertiary/aromatic N) is 5. The third-order valence-electron chi connectivity index (χ3n) is 3.78. The van der Waals surface area contributed by atoms with Crippen LogP contribution in [0.15, 0.2) is 18.6 Å². The van der Waals surface area contributed by atoms with E-state index in [1.54, 1.807) is 22.4 Å². The normalized spacial score (nSPS) is 11.3. The monoisotopic (exact) mass is 317 g/mol. The number of thiazole rings is 1. The van der Waals surface area contributed by atoms with Gasteiger partial charge in [0.2, 0.25) is 5.91 Å². The molecule has 0 aliphatic heterocycles. The van der Waals surface area contributed by atoms with E-state index < -0.39 is 0 Å². The molecule has 1 amide bonds. The molecule has 0 radical (unpaired) electrons. The van der Waals surface area contributed by atoms with Crippen molar-refractivity contribution in [2.45, 2.75) is 33.9 Å². The van der Waals surface area contributed by atoms with Crippen LogP contribution in [0.3, 0.4) is 0 Å². The average molecular weight is 317 g/mol. The largest absolute Gasteiger partial charge is 0.338 e. The molecular formula is C15H19N5OS. The molecule has 7 heteroatoms. The standard InChI is InChI=1S/C15H19N5OS/c1-10-7-20-13(11(2)17-15(20)22-10)8-18(4)14(21)9-19-6-5-16-12(19)3/h5-7H,8-9H2,1-4H3. The molecule has 3 rings (SSSR count). The van der Waals surface area contributed by atoms with E-state index in [0.29, 0.717) is 13.1 Å². The van der Waals surface area contributed by atoms with E-state index in [1.807, 2.05) is 31.7 Å². The zero-order valence-corrected chi connectivity index (χ0v) is 14.0. The van der Waals surface area contributed by atoms with E-state index in [2.05, 4.69) is 27.5 Å². The molecule has 0 aliphatic carbocycles. The summed E-state index contributed by atoms with van der Waals surface area (Å²) >= 11 is 1.66. The minimum atomic E-state index is 0.0578. The van der Waals surface area contributed by atoms with Gasteiger partial charge in [-0.25, -0.2) is 9.97 Å². The van der Waals surface area contributed by atoms with E-state index in [9.17, 15) is 4.79 Å². The molecule has 0 atom stereocenters. The summed E-state index contributed by atoms with van der Waals surface area (Å²) in [7, 11) is 1.83. The number of amides is 1. The lowest BCUT2D eigenvalue weighted by molar-refractivity contribution is -0.131. The van der Waals surface area contributed by atoms with Crippen LogP contribution in [0.5, 0.6) is 0 Å². The Bertz CT molecular complexity index is 828.